The highest BCUT2D eigenvalue weighted by molar-refractivity contribution is 7.80. The smallest absolute Gasteiger partial charge is 0.123 e. The molecule has 0 atom stereocenters. The first kappa shape index (κ1) is 15.5. The number of thiocarbonyl (C=S) groups is 1. The summed E-state index contributed by atoms with van der Waals surface area (Å²) in [5, 5.41) is 0. The fraction of sp³-hybridized carbons (Fsp3) is 0.188. The molecule has 0 unspecified atom stereocenters. The van der Waals surface area contributed by atoms with Gasteiger partial charge in [-0.1, -0.05) is 24.4 Å². The fourth-order valence-electron chi connectivity index (χ4n) is 2.18. The number of nitrogens with zero attached hydrogens (tertiary/aromatic N) is 1. The van der Waals surface area contributed by atoms with Crippen LogP contribution in [-0.2, 0) is 13.1 Å². The van der Waals surface area contributed by atoms with Gasteiger partial charge in [0.2, 0.25) is 0 Å². The molecule has 2 aromatic rings. The van der Waals surface area contributed by atoms with Gasteiger partial charge < -0.3 is 5.73 Å². The van der Waals surface area contributed by atoms with E-state index in [2.05, 4.69) is 0 Å². The van der Waals surface area contributed by atoms with Crippen molar-refractivity contribution in [2.75, 3.05) is 7.05 Å². The SMILES string of the molecule is CN(Cc1ccc(F)cc1)Cc1cc(F)ccc1C(N)=S. The van der Waals surface area contributed by atoms with Crippen LogP contribution in [0.2, 0.25) is 0 Å². The first-order chi connectivity index (χ1) is 9.95. The van der Waals surface area contributed by atoms with Crippen LogP contribution in [0.3, 0.4) is 0 Å². The van der Waals surface area contributed by atoms with E-state index >= 15 is 0 Å². The van der Waals surface area contributed by atoms with Gasteiger partial charge in [0.25, 0.3) is 0 Å². The predicted molar refractivity (Wildman–Crippen MR) is 83.9 cm³/mol. The Bertz CT molecular complexity index is 641. The van der Waals surface area contributed by atoms with Crippen LogP contribution in [0.1, 0.15) is 16.7 Å². The van der Waals surface area contributed by atoms with Crippen molar-refractivity contribution >= 4 is 17.2 Å². The summed E-state index contributed by atoms with van der Waals surface area (Å²) in [6.07, 6.45) is 0. The number of hydrogen-bond donors (Lipinski definition) is 1. The molecule has 0 spiro atoms. The van der Waals surface area contributed by atoms with E-state index in [4.69, 9.17) is 18.0 Å². The molecule has 0 fully saturated rings. The second-order valence-corrected chi connectivity index (χ2v) is 5.40. The van der Waals surface area contributed by atoms with Crippen molar-refractivity contribution in [2.45, 2.75) is 13.1 Å². The van der Waals surface area contributed by atoms with Gasteiger partial charge in [-0.05, 0) is 48.5 Å². The van der Waals surface area contributed by atoms with E-state index in [1.54, 1.807) is 18.2 Å². The zero-order valence-corrected chi connectivity index (χ0v) is 12.5. The summed E-state index contributed by atoms with van der Waals surface area (Å²) in [6, 6.07) is 10.7. The molecule has 0 amide bonds. The standard InChI is InChI=1S/C16H16F2N2S/c1-20(9-11-2-4-13(17)5-3-11)10-12-8-14(18)6-7-15(12)16(19)21/h2-8H,9-10H2,1H3,(H2,19,21). The van der Waals surface area contributed by atoms with E-state index in [1.807, 2.05) is 11.9 Å². The topological polar surface area (TPSA) is 29.3 Å². The molecule has 0 radical (unpaired) electrons. The maximum absolute atomic E-state index is 13.4. The van der Waals surface area contributed by atoms with Crippen LogP contribution in [0.4, 0.5) is 8.78 Å². The van der Waals surface area contributed by atoms with Gasteiger partial charge in [-0.2, -0.15) is 0 Å². The molecule has 5 heteroatoms. The largest absolute Gasteiger partial charge is 0.389 e. The van der Waals surface area contributed by atoms with Gasteiger partial charge in [0, 0.05) is 18.7 Å². The van der Waals surface area contributed by atoms with Crippen LogP contribution in [0.15, 0.2) is 42.5 Å². The second kappa shape index (κ2) is 6.74. The van der Waals surface area contributed by atoms with Crippen LogP contribution in [0.5, 0.6) is 0 Å². The Morgan fingerprint density at radius 1 is 1.05 bits per heavy atom. The van der Waals surface area contributed by atoms with Crippen LogP contribution in [0, 0.1) is 11.6 Å². The van der Waals surface area contributed by atoms with Gasteiger partial charge in [0.05, 0.1) is 0 Å². The van der Waals surface area contributed by atoms with Crippen LogP contribution < -0.4 is 5.73 Å². The van der Waals surface area contributed by atoms with E-state index in [0.29, 0.717) is 18.7 Å². The molecule has 110 valence electrons. The van der Waals surface area contributed by atoms with Crippen molar-refractivity contribution in [1.29, 1.82) is 0 Å². The third-order valence-electron chi connectivity index (χ3n) is 3.14. The molecule has 2 aromatic carbocycles. The Morgan fingerprint density at radius 3 is 2.29 bits per heavy atom. The van der Waals surface area contributed by atoms with E-state index < -0.39 is 0 Å². The maximum atomic E-state index is 13.4. The first-order valence-electron chi connectivity index (χ1n) is 6.47. The van der Waals surface area contributed by atoms with Crippen molar-refractivity contribution in [3.05, 3.63) is 70.8 Å². The fourth-order valence-corrected chi connectivity index (χ4v) is 2.38. The van der Waals surface area contributed by atoms with Crippen LogP contribution in [-0.4, -0.2) is 16.9 Å². The van der Waals surface area contributed by atoms with E-state index in [0.717, 1.165) is 11.1 Å². The minimum absolute atomic E-state index is 0.250. The van der Waals surface area contributed by atoms with Crippen molar-refractivity contribution in [1.82, 2.24) is 4.90 Å². The summed E-state index contributed by atoms with van der Waals surface area (Å²) in [4.78, 5) is 2.24. The zero-order valence-electron chi connectivity index (χ0n) is 11.6. The molecule has 2 N–H and O–H groups in total. The summed E-state index contributed by atoms with van der Waals surface area (Å²) in [7, 11) is 1.90. The molecule has 2 nitrogen and oxygen atoms in total. The third-order valence-corrected chi connectivity index (χ3v) is 3.36. The number of hydrogen-bond acceptors (Lipinski definition) is 2. The zero-order chi connectivity index (χ0) is 15.4. The highest BCUT2D eigenvalue weighted by Crippen LogP contribution is 2.15. The van der Waals surface area contributed by atoms with Gasteiger partial charge in [0.1, 0.15) is 16.6 Å². The van der Waals surface area contributed by atoms with Crippen LogP contribution >= 0.6 is 12.2 Å². The maximum Gasteiger partial charge on any atom is 0.123 e. The average molecular weight is 306 g/mol. The molecule has 0 aliphatic rings. The van der Waals surface area contributed by atoms with E-state index in [1.165, 1.54) is 24.3 Å². The number of rotatable bonds is 5. The average Bonchev–Trinajstić information content (AvgIpc) is 2.41. The molecule has 0 saturated heterocycles. The van der Waals surface area contributed by atoms with E-state index in [9.17, 15) is 8.78 Å². The summed E-state index contributed by atoms with van der Waals surface area (Å²) in [5.41, 5.74) is 8.06. The Labute approximate surface area is 128 Å². The quantitative estimate of drug-likeness (QED) is 0.860. The van der Waals surface area contributed by atoms with E-state index in [-0.39, 0.29) is 16.6 Å². The molecule has 0 aliphatic carbocycles. The van der Waals surface area contributed by atoms with Crippen molar-refractivity contribution in [3.63, 3.8) is 0 Å². The molecule has 0 saturated carbocycles. The lowest BCUT2D eigenvalue weighted by Crippen LogP contribution is -2.21. The molecule has 0 heterocycles. The minimum atomic E-state index is -0.319. The second-order valence-electron chi connectivity index (χ2n) is 4.96. The van der Waals surface area contributed by atoms with Crippen LogP contribution in [0.25, 0.3) is 0 Å². The monoisotopic (exact) mass is 306 g/mol. The molecule has 21 heavy (non-hydrogen) atoms. The third kappa shape index (κ3) is 4.31. The molecule has 2 rings (SSSR count). The van der Waals surface area contributed by atoms with Gasteiger partial charge >= 0.3 is 0 Å². The number of halogens is 2. The minimum Gasteiger partial charge on any atom is -0.389 e. The lowest BCUT2D eigenvalue weighted by atomic mass is 10.1. The van der Waals surface area contributed by atoms with Crippen molar-refractivity contribution in [3.8, 4) is 0 Å². The summed E-state index contributed by atoms with van der Waals surface area (Å²) < 4.78 is 26.3. The van der Waals surface area contributed by atoms with Gasteiger partial charge in [-0.15, -0.1) is 0 Å². The van der Waals surface area contributed by atoms with Crippen molar-refractivity contribution < 1.29 is 8.78 Å². The highest BCUT2D eigenvalue weighted by atomic mass is 32.1. The first-order valence-corrected chi connectivity index (χ1v) is 6.88. The molecule has 0 aliphatic heterocycles. The lowest BCUT2D eigenvalue weighted by Gasteiger charge is -2.19. The summed E-state index contributed by atoms with van der Waals surface area (Å²) in [6.45, 7) is 1.12. The summed E-state index contributed by atoms with van der Waals surface area (Å²) in [5.74, 6) is -0.581. The Hall–Kier alpha value is -1.85. The Balaban J connectivity index is 2.12. The van der Waals surface area contributed by atoms with Gasteiger partial charge in [0.15, 0.2) is 0 Å². The van der Waals surface area contributed by atoms with Crippen molar-refractivity contribution in [2.24, 2.45) is 5.73 Å². The highest BCUT2D eigenvalue weighted by Gasteiger charge is 2.10. The molecular formula is C16H16F2N2S. The Kier molecular flexibility index (Phi) is 4.98. The normalized spacial score (nSPS) is 10.9. The molecule has 0 aromatic heterocycles. The van der Waals surface area contributed by atoms with Gasteiger partial charge in [-0.25, -0.2) is 8.78 Å². The number of nitrogens with two attached hydrogens (primary N) is 1. The lowest BCUT2D eigenvalue weighted by molar-refractivity contribution is 0.318. The predicted octanol–water partition coefficient (Wildman–Crippen LogP) is 3.23. The molecule has 0 bridgehead atoms. The molecular weight excluding hydrogens is 290 g/mol. The number of benzene rings is 2. The Morgan fingerprint density at radius 2 is 1.67 bits per heavy atom. The summed E-state index contributed by atoms with van der Waals surface area (Å²) >= 11 is 4.98. The van der Waals surface area contributed by atoms with Gasteiger partial charge in [-0.3, -0.25) is 4.90 Å².